The summed E-state index contributed by atoms with van der Waals surface area (Å²) in [6.07, 6.45) is 2.79. The van der Waals surface area contributed by atoms with Gasteiger partial charge >= 0.3 is 0 Å². The van der Waals surface area contributed by atoms with Crippen LogP contribution in [-0.2, 0) is 19.5 Å². The third-order valence-corrected chi connectivity index (χ3v) is 5.55. The lowest BCUT2D eigenvalue weighted by Gasteiger charge is -2.27. The van der Waals surface area contributed by atoms with Crippen LogP contribution in [0.25, 0.3) is 10.4 Å². The summed E-state index contributed by atoms with van der Waals surface area (Å²) in [5, 5.41) is 0. The number of aromatic nitrogens is 2. The first-order valence-electron chi connectivity index (χ1n) is 8.27. The van der Waals surface area contributed by atoms with E-state index in [9.17, 15) is 0 Å². The second-order valence-electron chi connectivity index (χ2n) is 6.16. The monoisotopic (exact) mass is 352 g/mol. The second-order valence-corrected chi connectivity index (χ2v) is 7.33. The summed E-state index contributed by atoms with van der Waals surface area (Å²) in [5.41, 5.74) is 9.15. The van der Waals surface area contributed by atoms with Crippen molar-refractivity contribution in [2.24, 2.45) is 0 Å². The summed E-state index contributed by atoms with van der Waals surface area (Å²) in [4.78, 5) is 13.5. The lowest BCUT2D eigenvalue weighted by Crippen LogP contribution is -2.30. The molecule has 0 saturated carbocycles. The molecule has 0 atom stereocenters. The van der Waals surface area contributed by atoms with Crippen LogP contribution >= 0.6 is 11.3 Å². The Morgan fingerprint density at radius 1 is 1.28 bits per heavy atom. The van der Waals surface area contributed by atoms with Gasteiger partial charge in [-0.15, -0.1) is 11.3 Å². The summed E-state index contributed by atoms with van der Waals surface area (Å²) in [7, 11) is 1.70. The maximum Gasteiger partial charge on any atom is 0.220 e. The largest absolute Gasteiger partial charge is 0.497 e. The predicted molar refractivity (Wildman–Crippen MR) is 101 cm³/mol. The molecule has 4 rings (SSSR count). The molecule has 0 amide bonds. The van der Waals surface area contributed by atoms with E-state index in [2.05, 4.69) is 39.1 Å². The predicted octanol–water partition coefficient (Wildman–Crippen LogP) is 3.35. The number of benzene rings is 1. The highest BCUT2D eigenvalue weighted by atomic mass is 32.1. The standard InChI is InChI=1S/C19H20N4OS/c1-24-15-4-2-3-13(9-15)18-6-5-16(25-18)12-23-8-7-17-14(11-23)10-21-19(20)22-17/h2-6,9-10H,7-8,11-12H2,1H3,(H2,20,21,22). The SMILES string of the molecule is COc1cccc(-c2ccc(CN3CCc4nc(N)ncc4C3)s2)c1. The van der Waals surface area contributed by atoms with Crippen molar-refractivity contribution in [2.45, 2.75) is 19.5 Å². The number of ether oxygens (including phenoxy) is 1. The number of hydrogen-bond donors (Lipinski definition) is 1. The molecule has 1 aromatic carbocycles. The van der Waals surface area contributed by atoms with E-state index in [-0.39, 0.29) is 0 Å². The summed E-state index contributed by atoms with van der Waals surface area (Å²) in [5.74, 6) is 1.26. The molecule has 0 radical (unpaired) electrons. The third-order valence-electron chi connectivity index (χ3n) is 4.43. The van der Waals surface area contributed by atoms with E-state index in [0.717, 1.165) is 37.5 Å². The summed E-state index contributed by atoms with van der Waals surface area (Å²) in [6, 6.07) is 12.6. The lowest BCUT2D eigenvalue weighted by molar-refractivity contribution is 0.245. The number of nitrogen functional groups attached to an aromatic ring is 1. The Balaban J connectivity index is 1.47. The molecule has 0 aliphatic carbocycles. The minimum atomic E-state index is 0.369. The van der Waals surface area contributed by atoms with Crippen molar-refractivity contribution in [1.82, 2.24) is 14.9 Å². The first kappa shape index (κ1) is 16.1. The number of thiophene rings is 1. The first-order valence-corrected chi connectivity index (χ1v) is 9.08. The first-order chi connectivity index (χ1) is 12.2. The Morgan fingerprint density at radius 2 is 2.20 bits per heavy atom. The van der Waals surface area contributed by atoms with Crippen LogP contribution in [0.1, 0.15) is 16.1 Å². The molecular formula is C19H20N4OS. The van der Waals surface area contributed by atoms with Crippen molar-refractivity contribution in [3.63, 3.8) is 0 Å². The average molecular weight is 352 g/mol. The van der Waals surface area contributed by atoms with Gasteiger partial charge < -0.3 is 10.5 Å². The van der Waals surface area contributed by atoms with E-state index in [1.54, 1.807) is 7.11 Å². The molecule has 0 unspecified atom stereocenters. The maximum atomic E-state index is 5.68. The van der Waals surface area contributed by atoms with E-state index in [4.69, 9.17) is 10.5 Å². The van der Waals surface area contributed by atoms with Crippen LogP contribution in [0.3, 0.4) is 0 Å². The van der Waals surface area contributed by atoms with Crippen LogP contribution < -0.4 is 10.5 Å². The fourth-order valence-corrected chi connectivity index (χ4v) is 4.19. The topological polar surface area (TPSA) is 64.3 Å². The van der Waals surface area contributed by atoms with Gasteiger partial charge in [0.25, 0.3) is 0 Å². The molecule has 2 aromatic heterocycles. The molecule has 5 nitrogen and oxygen atoms in total. The van der Waals surface area contributed by atoms with Crippen LogP contribution in [0.5, 0.6) is 5.75 Å². The zero-order valence-electron chi connectivity index (χ0n) is 14.1. The van der Waals surface area contributed by atoms with E-state index in [1.165, 1.54) is 20.9 Å². The molecule has 1 aliphatic rings. The fourth-order valence-electron chi connectivity index (χ4n) is 3.14. The van der Waals surface area contributed by atoms with Gasteiger partial charge in [0.05, 0.1) is 12.8 Å². The second kappa shape index (κ2) is 6.82. The minimum absolute atomic E-state index is 0.369. The average Bonchev–Trinajstić information content (AvgIpc) is 3.10. The van der Waals surface area contributed by atoms with Crippen molar-refractivity contribution >= 4 is 17.3 Å². The van der Waals surface area contributed by atoms with Gasteiger partial charge in [-0.2, -0.15) is 0 Å². The van der Waals surface area contributed by atoms with E-state index in [0.29, 0.717) is 5.95 Å². The lowest BCUT2D eigenvalue weighted by atomic mass is 10.1. The fraction of sp³-hybridized carbons (Fsp3) is 0.263. The third kappa shape index (κ3) is 3.50. The summed E-state index contributed by atoms with van der Waals surface area (Å²) in [6.45, 7) is 2.82. The highest BCUT2D eigenvalue weighted by Gasteiger charge is 2.18. The number of methoxy groups -OCH3 is 1. The number of fused-ring (bicyclic) bond motifs is 1. The molecule has 0 spiro atoms. The van der Waals surface area contributed by atoms with Crippen molar-refractivity contribution in [2.75, 3.05) is 19.4 Å². The normalized spacial score (nSPS) is 14.3. The zero-order chi connectivity index (χ0) is 17.2. The number of hydrogen-bond acceptors (Lipinski definition) is 6. The molecule has 1 aliphatic heterocycles. The highest BCUT2D eigenvalue weighted by Crippen LogP contribution is 2.31. The molecule has 6 heteroatoms. The molecule has 25 heavy (non-hydrogen) atoms. The molecular weight excluding hydrogens is 332 g/mol. The number of rotatable bonds is 4. The Hall–Kier alpha value is -2.44. The molecule has 0 fully saturated rings. The van der Waals surface area contributed by atoms with Gasteiger partial charge in [-0.1, -0.05) is 12.1 Å². The number of nitrogens with zero attached hydrogens (tertiary/aromatic N) is 3. The maximum absolute atomic E-state index is 5.68. The molecule has 0 saturated heterocycles. The van der Waals surface area contributed by atoms with Gasteiger partial charge in [0.15, 0.2) is 0 Å². The zero-order valence-corrected chi connectivity index (χ0v) is 14.9. The molecule has 3 heterocycles. The smallest absolute Gasteiger partial charge is 0.220 e. The Bertz CT molecular complexity index is 893. The van der Waals surface area contributed by atoms with Crippen molar-refractivity contribution in [1.29, 1.82) is 0 Å². The molecule has 2 N–H and O–H groups in total. The van der Waals surface area contributed by atoms with Crippen LogP contribution in [0.15, 0.2) is 42.6 Å². The number of anilines is 1. The number of nitrogens with two attached hydrogens (primary N) is 1. The van der Waals surface area contributed by atoms with Crippen LogP contribution in [0, 0.1) is 0 Å². The Kier molecular flexibility index (Phi) is 4.38. The van der Waals surface area contributed by atoms with Crippen molar-refractivity contribution in [3.05, 3.63) is 58.7 Å². The van der Waals surface area contributed by atoms with Gasteiger partial charge in [-0.25, -0.2) is 9.97 Å². The van der Waals surface area contributed by atoms with Crippen LogP contribution in [0.4, 0.5) is 5.95 Å². The van der Waals surface area contributed by atoms with E-state index < -0.39 is 0 Å². The van der Waals surface area contributed by atoms with Gasteiger partial charge in [-0.05, 0) is 29.8 Å². The Labute approximate surface area is 151 Å². The highest BCUT2D eigenvalue weighted by molar-refractivity contribution is 7.15. The Morgan fingerprint density at radius 3 is 3.08 bits per heavy atom. The van der Waals surface area contributed by atoms with E-state index in [1.807, 2.05) is 29.7 Å². The quantitative estimate of drug-likeness (QED) is 0.780. The molecule has 3 aromatic rings. The van der Waals surface area contributed by atoms with Gasteiger partial charge in [0.2, 0.25) is 5.95 Å². The van der Waals surface area contributed by atoms with Gasteiger partial charge in [0, 0.05) is 47.6 Å². The van der Waals surface area contributed by atoms with Crippen LogP contribution in [-0.4, -0.2) is 28.5 Å². The van der Waals surface area contributed by atoms with Crippen LogP contribution in [0.2, 0.25) is 0 Å². The summed E-state index contributed by atoms with van der Waals surface area (Å²) < 4.78 is 5.32. The van der Waals surface area contributed by atoms with E-state index >= 15 is 0 Å². The minimum Gasteiger partial charge on any atom is -0.497 e. The van der Waals surface area contributed by atoms with Gasteiger partial charge in [0.1, 0.15) is 5.75 Å². The van der Waals surface area contributed by atoms with Crippen molar-refractivity contribution in [3.8, 4) is 16.2 Å². The van der Waals surface area contributed by atoms with Gasteiger partial charge in [-0.3, -0.25) is 4.90 Å². The molecule has 128 valence electrons. The summed E-state index contributed by atoms with van der Waals surface area (Å²) >= 11 is 1.83. The van der Waals surface area contributed by atoms with Crippen molar-refractivity contribution < 1.29 is 4.74 Å². The molecule has 0 bridgehead atoms.